The van der Waals surface area contributed by atoms with Gasteiger partial charge in [-0.15, -0.1) is 0 Å². The van der Waals surface area contributed by atoms with Crippen molar-refractivity contribution in [2.24, 2.45) is 11.5 Å². The van der Waals surface area contributed by atoms with E-state index in [0.717, 1.165) is 85.9 Å². The Hall–Kier alpha value is -5.87. The number of imidazole rings is 2. The first-order chi connectivity index (χ1) is 33.6. The lowest BCUT2D eigenvalue weighted by atomic mass is 10.0. The number of halogens is 3. The number of carbonyl (C=O) groups excluding carboxylic acids is 4. The van der Waals surface area contributed by atoms with Crippen LogP contribution in [0.5, 0.6) is 11.5 Å². The van der Waals surface area contributed by atoms with Gasteiger partial charge in [-0.3, -0.25) is 18.7 Å². The number of anilines is 2. The summed E-state index contributed by atoms with van der Waals surface area (Å²) in [5.74, 6) is 1.08. The highest BCUT2D eigenvalue weighted by atomic mass is 35.8. The highest BCUT2D eigenvalue weighted by molar-refractivity contribution is 7.80. The lowest BCUT2D eigenvalue weighted by Gasteiger charge is -2.38. The second-order valence-corrected chi connectivity index (χ2v) is 23.2. The monoisotopic (exact) mass is 1050 g/mol. The molecule has 0 bridgehead atoms. The largest absolute Gasteiger partial charge is 0.643 e. The normalized spacial score (nSPS) is 13.5. The lowest BCUT2D eigenvalue weighted by molar-refractivity contribution is 0.0992. The zero-order valence-electron chi connectivity index (χ0n) is 39.4. The molecular weight excluding hydrogens is 990 g/mol. The number of para-hydroxylation sites is 4. The molecule has 2 aromatic heterocycles. The van der Waals surface area contributed by atoms with Crippen molar-refractivity contribution in [2.45, 2.75) is 44.7 Å². The number of nitrogens with zero attached hydrogens (tertiary/aromatic N) is 8. The number of methoxy groups -OCH3 is 1. The van der Waals surface area contributed by atoms with Crippen molar-refractivity contribution in [3.63, 3.8) is 0 Å². The van der Waals surface area contributed by atoms with Crippen LogP contribution in [0.25, 0.3) is 22.5 Å². The number of hydrogen-bond donors (Lipinski definition) is 4. The fourth-order valence-corrected chi connectivity index (χ4v) is 8.10. The summed E-state index contributed by atoms with van der Waals surface area (Å²) in [6.45, 7) is 5.20. The summed E-state index contributed by atoms with van der Waals surface area (Å²) in [7, 11) is 20.1. The van der Waals surface area contributed by atoms with Crippen molar-refractivity contribution >= 4 is 89.4 Å². The Balaban J connectivity index is 0.000000230. The van der Waals surface area contributed by atoms with E-state index < -0.39 is 23.2 Å². The topological polar surface area (TPSA) is 198 Å². The maximum absolute atomic E-state index is 13.1. The molecule has 0 unspecified atom stereocenters. The Morgan fingerprint density at radius 3 is 1.47 bits per heavy atom. The number of phenols is 1. The van der Waals surface area contributed by atoms with Crippen LogP contribution in [0, 0.1) is 0 Å². The lowest BCUT2D eigenvalue weighted by Crippen LogP contribution is -2.46. The molecule has 21 heteroatoms. The number of phenolic OH excluding ortho intramolecular Hbond substituents is 1. The number of ether oxygens (including phenoxy) is 1. The number of nitrogens with two attached hydrogens (primary N) is 2. The molecule has 2 aliphatic rings. The van der Waals surface area contributed by atoms with Crippen molar-refractivity contribution in [3.8, 4) is 34.0 Å². The second-order valence-electron chi connectivity index (χ2n) is 16.2. The summed E-state index contributed by atoms with van der Waals surface area (Å²) in [6.07, 6.45) is 9.68. The number of hydrogen-bond acceptors (Lipinski definition) is 11. The fourth-order valence-electron chi connectivity index (χ4n) is 8.10. The van der Waals surface area contributed by atoms with Crippen molar-refractivity contribution < 1.29 is 29.0 Å². The number of amides is 4. The summed E-state index contributed by atoms with van der Waals surface area (Å²) >= 11 is 2.07. The van der Waals surface area contributed by atoms with Crippen LogP contribution in [0.15, 0.2) is 122 Å². The molecular formula is C49H58AlCl3N10O6S. The van der Waals surface area contributed by atoms with Gasteiger partial charge in [0.15, 0.2) is 0 Å². The smallest absolute Gasteiger partial charge is 0.506 e. The van der Waals surface area contributed by atoms with Gasteiger partial charge in [-0.05, 0) is 80.0 Å². The highest BCUT2D eigenvalue weighted by Gasteiger charge is 2.29. The number of thiol groups is 1. The number of carbonyl (C=O) groups is 4. The van der Waals surface area contributed by atoms with Gasteiger partial charge in [0.05, 0.1) is 29.9 Å². The maximum atomic E-state index is 13.1. The van der Waals surface area contributed by atoms with Gasteiger partial charge in [0.2, 0.25) is 11.8 Å². The molecule has 4 aromatic carbocycles. The first kappa shape index (κ1) is 55.1. The molecule has 0 aliphatic carbocycles. The first-order valence-corrected chi connectivity index (χ1v) is 28.3. The van der Waals surface area contributed by atoms with E-state index in [1.54, 1.807) is 78.8 Å². The first-order valence-electron chi connectivity index (χ1n) is 22.4. The van der Waals surface area contributed by atoms with Crippen LogP contribution >= 0.6 is 42.8 Å². The summed E-state index contributed by atoms with van der Waals surface area (Å²) in [4.78, 5) is 65.5. The fraction of sp³-hybridized carbons (Fsp3) is 0.306. The van der Waals surface area contributed by atoms with Crippen LogP contribution in [0.3, 0.4) is 0 Å². The van der Waals surface area contributed by atoms with Crippen LogP contribution in [0.4, 0.5) is 21.0 Å². The minimum absolute atomic E-state index is 0.0960. The second kappa shape index (κ2) is 26.9. The molecule has 0 saturated carbocycles. The van der Waals surface area contributed by atoms with Crippen molar-refractivity contribution in [1.29, 1.82) is 0 Å². The van der Waals surface area contributed by atoms with E-state index in [0.29, 0.717) is 22.5 Å². The highest BCUT2D eigenvalue weighted by Crippen LogP contribution is 2.32. The van der Waals surface area contributed by atoms with Gasteiger partial charge in [-0.25, -0.2) is 49.7 Å². The third-order valence-corrected chi connectivity index (χ3v) is 11.8. The minimum Gasteiger partial charge on any atom is -0.506 e. The third kappa shape index (κ3) is 15.1. The maximum Gasteiger partial charge on any atom is 0.643 e. The molecule has 8 rings (SSSR count). The Labute approximate surface area is 431 Å². The van der Waals surface area contributed by atoms with E-state index in [9.17, 15) is 24.3 Å². The van der Waals surface area contributed by atoms with Crippen LogP contribution in [0.2, 0.25) is 0 Å². The SMILES string of the molecule is CCS.CN(C(=O)n1cnc(-c2cccc(C(N)=O)c2)c1)C1CCN(c2ccccc2O)CC1.COc1ccccc1N1CCC(N(C)C(=O)n2cnc(-c3cccc(C(N)=O)c3)c2)CC1.[Cl][Al]([Cl])[Cl]. The molecule has 2 fully saturated rings. The number of aromatic hydroxyl groups is 1. The number of benzene rings is 4. The zero-order chi connectivity index (χ0) is 50.9. The van der Waals surface area contributed by atoms with Gasteiger partial charge in [-0.2, -0.15) is 12.6 Å². The van der Waals surface area contributed by atoms with Crippen molar-refractivity contribution in [1.82, 2.24) is 28.9 Å². The Morgan fingerprint density at radius 1 is 0.686 bits per heavy atom. The quantitative estimate of drug-likeness (QED) is 0.0802. The van der Waals surface area contributed by atoms with E-state index in [-0.39, 0.29) is 29.9 Å². The molecule has 2 saturated heterocycles. The van der Waals surface area contributed by atoms with Crippen molar-refractivity contribution in [3.05, 3.63) is 133 Å². The average Bonchev–Trinajstić information content (AvgIpc) is 4.08. The van der Waals surface area contributed by atoms with E-state index in [4.69, 9.17) is 46.4 Å². The number of aromatic nitrogens is 4. The van der Waals surface area contributed by atoms with E-state index in [1.165, 1.54) is 21.8 Å². The summed E-state index contributed by atoms with van der Waals surface area (Å²) in [5, 5.41) is 10.1. The van der Waals surface area contributed by atoms with E-state index >= 15 is 0 Å². The number of rotatable bonds is 9. The molecule has 4 heterocycles. The number of primary amides is 2. The Kier molecular flexibility index (Phi) is 21.2. The zero-order valence-corrected chi connectivity index (χ0v) is 43.8. The Morgan fingerprint density at radius 2 is 1.07 bits per heavy atom. The summed E-state index contributed by atoms with van der Waals surface area (Å²) in [6, 6.07) is 29.0. The van der Waals surface area contributed by atoms with Crippen LogP contribution in [-0.4, -0.2) is 134 Å². The molecule has 5 N–H and O–H groups in total. The molecule has 2 aliphatic heterocycles. The van der Waals surface area contributed by atoms with E-state index in [1.807, 2.05) is 62.5 Å². The van der Waals surface area contributed by atoms with E-state index in [2.05, 4.69) is 38.5 Å². The van der Waals surface area contributed by atoms with Gasteiger partial charge in [0, 0.05) is 87.0 Å². The molecule has 70 heavy (non-hydrogen) atoms. The van der Waals surface area contributed by atoms with Crippen molar-refractivity contribution in [2.75, 3.05) is 62.9 Å². The molecule has 0 radical (unpaired) electrons. The predicted molar refractivity (Wildman–Crippen MR) is 284 cm³/mol. The van der Waals surface area contributed by atoms with Gasteiger partial charge >= 0.3 is 23.4 Å². The molecule has 4 amide bonds. The standard InChI is InChI=1S/C24H27N5O3.C23H25N5O3.C2H6S.Al.3ClH/c1-27(19-10-12-28(13-11-19)21-8-3-4-9-22(21)32-2)24(31)29-15-20(26-16-29)17-6-5-7-18(14-17)23(25)30;1-26(18-9-11-27(12-10-18)20-7-2-3-8-21(20)29)23(31)28-14-19(25-15-28)16-5-4-6-17(13-16)22(24)30;1-2-3;;;;/h3-9,14-16,19H,10-13H2,1-2H3,(H2,25,30);2-8,13-15,18,29H,9-12H2,1H3,(H2,24,30);3H,2H2,1H3;;3*1H/q;;;+3;;;/p-3. The van der Waals surface area contributed by atoms with Crippen LogP contribution in [0.1, 0.15) is 53.3 Å². The minimum atomic E-state index is -1.72. The summed E-state index contributed by atoms with van der Waals surface area (Å²) in [5.41, 5.74) is 16.1. The van der Waals surface area contributed by atoms with Crippen LogP contribution in [-0.2, 0) is 0 Å². The Bertz CT molecular complexity index is 2670. The number of piperidine rings is 2. The van der Waals surface area contributed by atoms with Crippen LogP contribution < -0.4 is 26.0 Å². The molecule has 6 aromatic rings. The predicted octanol–water partition coefficient (Wildman–Crippen LogP) is 8.77. The summed E-state index contributed by atoms with van der Waals surface area (Å²) < 4.78 is 8.43. The van der Waals surface area contributed by atoms with Gasteiger partial charge in [0.1, 0.15) is 24.2 Å². The molecule has 0 atom stereocenters. The van der Waals surface area contributed by atoms with Gasteiger partial charge in [0.25, 0.3) is 0 Å². The van der Waals surface area contributed by atoms with Gasteiger partial charge < -0.3 is 40.9 Å². The average molecular weight is 1050 g/mol. The molecule has 370 valence electrons. The molecule has 16 nitrogen and oxygen atoms in total. The van der Waals surface area contributed by atoms with Gasteiger partial charge in [-0.1, -0.05) is 55.5 Å². The molecule has 0 spiro atoms. The third-order valence-electron chi connectivity index (χ3n) is 11.8.